The third kappa shape index (κ3) is 3.17. The Hall–Kier alpha value is -1.43. The Morgan fingerprint density at radius 1 is 1.45 bits per heavy atom. The second kappa shape index (κ2) is 6.35. The minimum Gasteiger partial charge on any atom is -0.469 e. The minimum absolute atomic E-state index is 0.0184. The first kappa shape index (κ1) is 15.0. The first-order valence-corrected chi connectivity index (χ1v) is 7.14. The smallest absolute Gasteiger partial charge is 0.310 e. The van der Waals surface area contributed by atoms with Crippen LogP contribution in [0.15, 0.2) is 22.7 Å². The molecule has 1 fully saturated rings. The van der Waals surface area contributed by atoms with Crippen LogP contribution in [0, 0.1) is 11.7 Å². The van der Waals surface area contributed by atoms with Crippen LogP contribution in [0.2, 0.25) is 0 Å². The molecule has 1 unspecified atom stereocenters. The van der Waals surface area contributed by atoms with Gasteiger partial charge in [0.25, 0.3) is 5.91 Å². The molecular weight excluding hydrogens is 329 g/mol. The van der Waals surface area contributed by atoms with Crippen molar-refractivity contribution in [3.63, 3.8) is 0 Å². The molecule has 1 aliphatic rings. The molecule has 1 aromatic carbocycles. The standard InChI is InChI=1S/C14H15BrFNO3/c1-20-14(19)9-3-2-6-17(8-9)13(18)11-7-10(15)4-5-12(11)16/h4-5,7,9H,2-3,6,8H2,1H3. The quantitative estimate of drug-likeness (QED) is 0.775. The average molecular weight is 344 g/mol. The second-order valence-corrected chi connectivity index (χ2v) is 5.65. The number of esters is 1. The third-order valence-corrected chi connectivity index (χ3v) is 3.90. The number of amides is 1. The summed E-state index contributed by atoms with van der Waals surface area (Å²) in [5.74, 6) is -1.60. The van der Waals surface area contributed by atoms with E-state index in [0.29, 0.717) is 23.9 Å². The molecular formula is C14H15BrFNO3. The van der Waals surface area contributed by atoms with Gasteiger partial charge in [0, 0.05) is 17.6 Å². The summed E-state index contributed by atoms with van der Waals surface area (Å²) in [4.78, 5) is 25.4. The number of piperidine rings is 1. The zero-order valence-electron chi connectivity index (χ0n) is 11.1. The molecule has 0 aliphatic carbocycles. The van der Waals surface area contributed by atoms with Gasteiger partial charge in [-0.2, -0.15) is 0 Å². The highest BCUT2D eigenvalue weighted by Gasteiger charge is 2.30. The highest BCUT2D eigenvalue weighted by Crippen LogP contribution is 2.22. The number of benzene rings is 1. The molecule has 1 aliphatic heterocycles. The minimum atomic E-state index is -0.557. The number of methoxy groups -OCH3 is 1. The molecule has 0 saturated carbocycles. The van der Waals surface area contributed by atoms with E-state index in [1.807, 2.05) is 0 Å². The van der Waals surface area contributed by atoms with Gasteiger partial charge in [0.2, 0.25) is 0 Å². The van der Waals surface area contributed by atoms with Crippen LogP contribution in [-0.4, -0.2) is 37.0 Å². The van der Waals surface area contributed by atoms with E-state index in [-0.39, 0.29) is 24.0 Å². The molecule has 4 nitrogen and oxygen atoms in total. The molecule has 1 heterocycles. The summed E-state index contributed by atoms with van der Waals surface area (Å²) in [7, 11) is 1.33. The Kier molecular flexibility index (Phi) is 4.75. The van der Waals surface area contributed by atoms with Crippen molar-refractivity contribution >= 4 is 27.8 Å². The Bertz CT molecular complexity index is 535. The van der Waals surface area contributed by atoms with Crippen LogP contribution in [0.5, 0.6) is 0 Å². The van der Waals surface area contributed by atoms with Crippen molar-refractivity contribution in [3.8, 4) is 0 Å². The van der Waals surface area contributed by atoms with Crippen molar-refractivity contribution in [2.24, 2.45) is 5.92 Å². The van der Waals surface area contributed by atoms with E-state index in [0.717, 1.165) is 0 Å². The van der Waals surface area contributed by atoms with E-state index >= 15 is 0 Å². The summed E-state index contributed by atoms with van der Waals surface area (Å²) >= 11 is 3.22. The average Bonchev–Trinajstić information content (AvgIpc) is 2.48. The molecule has 0 spiro atoms. The highest BCUT2D eigenvalue weighted by atomic mass is 79.9. The van der Waals surface area contributed by atoms with Crippen molar-refractivity contribution in [2.75, 3.05) is 20.2 Å². The lowest BCUT2D eigenvalue weighted by Gasteiger charge is -2.31. The topological polar surface area (TPSA) is 46.6 Å². The molecule has 1 aromatic rings. The van der Waals surface area contributed by atoms with Crippen molar-refractivity contribution in [1.29, 1.82) is 0 Å². The summed E-state index contributed by atoms with van der Waals surface area (Å²) in [6.07, 6.45) is 1.40. The van der Waals surface area contributed by atoms with Gasteiger partial charge in [-0.05, 0) is 31.0 Å². The molecule has 1 saturated heterocycles. The normalized spacial score (nSPS) is 18.8. The van der Waals surface area contributed by atoms with Gasteiger partial charge in [-0.15, -0.1) is 0 Å². The largest absolute Gasteiger partial charge is 0.469 e. The van der Waals surface area contributed by atoms with Crippen molar-refractivity contribution < 1.29 is 18.7 Å². The lowest BCUT2D eigenvalue weighted by atomic mass is 9.97. The molecule has 2 rings (SSSR count). The summed E-state index contributed by atoms with van der Waals surface area (Å²) < 4.78 is 19.1. The number of nitrogens with zero attached hydrogens (tertiary/aromatic N) is 1. The first-order chi connectivity index (χ1) is 9.52. The second-order valence-electron chi connectivity index (χ2n) is 4.74. The molecule has 0 N–H and O–H groups in total. The molecule has 1 atom stereocenters. The summed E-state index contributed by atoms with van der Waals surface area (Å²) in [6, 6.07) is 4.25. The van der Waals surface area contributed by atoms with Gasteiger partial charge in [0.1, 0.15) is 5.82 Å². The molecule has 0 bridgehead atoms. The predicted molar refractivity (Wildman–Crippen MR) is 74.7 cm³/mol. The molecule has 1 amide bonds. The fourth-order valence-corrected chi connectivity index (χ4v) is 2.71. The lowest BCUT2D eigenvalue weighted by molar-refractivity contribution is -0.146. The van der Waals surface area contributed by atoms with Crippen molar-refractivity contribution in [2.45, 2.75) is 12.8 Å². The molecule has 0 aromatic heterocycles. The number of likely N-dealkylation sites (tertiary alicyclic amines) is 1. The zero-order valence-corrected chi connectivity index (χ0v) is 12.7. The summed E-state index contributed by atoms with van der Waals surface area (Å²) in [6.45, 7) is 0.801. The van der Waals surface area contributed by atoms with Gasteiger partial charge in [-0.3, -0.25) is 9.59 Å². The number of carbonyl (C=O) groups is 2. The maximum atomic E-state index is 13.7. The molecule has 20 heavy (non-hydrogen) atoms. The fourth-order valence-electron chi connectivity index (χ4n) is 2.35. The van der Waals surface area contributed by atoms with E-state index in [1.54, 1.807) is 6.07 Å². The lowest BCUT2D eigenvalue weighted by Crippen LogP contribution is -2.42. The highest BCUT2D eigenvalue weighted by molar-refractivity contribution is 9.10. The number of rotatable bonds is 2. The number of ether oxygens (including phenoxy) is 1. The van der Waals surface area contributed by atoms with Crippen LogP contribution in [-0.2, 0) is 9.53 Å². The van der Waals surface area contributed by atoms with Gasteiger partial charge in [-0.1, -0.05) is 15.9 Å². The Labute approximate surface area is 125 Å². The van der Waals surface area contributed by atoms with Gasteiger partial charge in [0.15, 0.2) is 0 Å². The molecule has 6 heteroatoms. The van der Waals surface area contributed by atoms with Gasteiger partial charge >= 0.3 is 5.97 Å². The van der Waals surface area contributed by atoms with E-state index in [2.05, 4.69) is 15.9 Å². The van der Waals surface area contributed by atoms with Crippen LogP contribution in [0.1, 0.15) is 23.2 Å². The summed E-state index contributed by atoms with van der Waals surface area (Å²) in [5, 5.41) is 0. The van der Waals surface area contributed by atoms with E-state index in [4.69, 9.17) is 4.74 Å². The Morgan fingerprint density at radius 3 is 2.90 bits per heavy atom. The fraction of sp³-hybridized carbons (Fsp3) is 0.429. The monoisotopic (exact) mass is 343 g/mol. The van der Waals surface area contributed by atoms with Crippen LogP contribution < -0.4 is 0 Å². The number of carbonyl (C=O) groups excluding carboxylic acids is 2. The van der Waals surface area contributed by atoms with Crippen LogP contribution >= 0.6 is 15.9 Å². The third-order valence-electron chi connectivity index (χ3n) is 3.40. The van der Waals surface area contributed by atoms with Crippen molar-refractivity contribution in [3.05, 3.63) is 34.1 Å². The van der Waals surface area contributed by atoms with E-state index < -0.39 is 11.7 Å². The Morgan fingerprint density at radius 2 is 2.20 bits per heavy atom. The maximum Gasteiger partial charge on any atom is 0.310 e. The maximum absolute atomic E-state index is 13.7. The van der Waals surface area contributed by atoms with Gasteiger partial charge in [0.05, 0.1) is 18.6 Å². The van der Waals surface area contributed by atoms with Crippen molar-refractivity contribution in [1.82, 2.24) is 4.90 Å². The van der Waals surface area contributed by atoms with Gasteiger partial charge < -0.3 is 9.64 Å². The first-order valence-electron chi connectivity index (χ1n) is 6.35. The van der Waals surface area contributed by atoms with E-state index in [1.165, 1.54) is 24.1 Å². The number of halogens is 2. The molecule has 0 radical (unpaired) electrons. The number of hydrogen-bond acceptors (Lipinski definition) is 3. The van der Waals surface area contributed by atoms with Gasteiger partial charge in [-0.25, -0.2) is 4.39 Å². The number of hydrogen-bond donors (Lipinski definition) is 0. The van der Waals surface area contributed by atoms with Crippen LogP contribution in [0.25, 0.3) is 0 Å². The van der Waals surface area contributed by atoms with Crippen LogP contribution in [0.4, 0.5) is 4.39 Å². The Balaban J connectivity index is 2.16. The van der Waals surface area contributed by atoms with E-state index in [9.17, 15) is 14.0 Å². The van der Waals surface area contributed by atoms with Crippen LogP contribution in [0.3, 0.4) is 0 Å². The zero-order chi connectivity index (χ0) is 14.7. The summed E-state index contributed by atoms with van der Waals surface area (Å²) in [5.41, 5.74) is 0.0184. The molecule has 108 valence electrons. The predicted octanol–water partition coefficient (Wildman–Crippen LogP) is 2.61. The SMILES string of the molecule is COC(=O)C1CCCN(C(=O)c2cc(Br)ccc2F)C1.